The van der Waals surface area contributed by atoms with Crippen LogP contribution < -0.4 is 15.2 Å². The van der Waals surface area contributed by atoms with Crippen LogP contribution in [0.15, 0.2) is 60.8 Å². The predicted molar refractivity (Wildman–Crippen MR) is 117 cm³/mol. The van der Waals surface area contributed by atoms with Gasteiger partial charge in [0.15, 0.2) is 0 Å². The number of nitrogens with one attached hydrogen (secondary N) is 1. The quantitative estimate of drug-likeness (QED) is 0.336. The first-order valence-corrected chi connectivity index (χ1v) is 9.92. The van der Waals surface area contributed by atoms with Crippen molar-refractivity contribution in [2.75, 3.05) is 17.5 Å². The Hall–Kier alpha value is -3.28. The van der Waals surface area contributed by atoms with Gasteiger partial charge in [0, 0.05) is 20.3 Å². The maximum absolute atomic E-state index is 12.1. The molecular formula is C23H28N4O2. The molecule has 3 aromatic rings. The van der Waals surface area contributed by atoms with E-state index in [1.54, 1.807) is 6.20 Å². The minimum absolute atomic E-state index is 0.0478. The van der Waals surface area contributed by atoms with Crippen LogP contribution in [0.3, 0.4) is 0 Å². The van der Waals surface area contributed by atoms with E-state index in [0.29, 0.717) is 5.75 Å². The Morgan fingerprint density at radius 3 is 2.28 bits per heavy atom. The standard InChI is InChI=1S/C23H28N4O2/c1-5-17(6-2)23(28)29-21-13-11-20(12-14-21)26(3)25-19-9-7-18(8-10-19)22-15-16-24-27(22)4/h7-17,25H,5-6H2,1-4H3. The minimum atomic E-state index is -0.164. The van der Waals surface area contributed by atoms with Gasteiger partial charge in [0.05, 0.1) is 23.0 Å². The Kier molecular flexibility index (Phi) is 6.54. The van der Waals surface area contributed by atoms with Gasteiger partial charge in [-0.3, -0.25) is 19.9 Å². The summed E-state index contributed by atoms with van der Waals surface area (Å²) in [5.41, 5.74) is 7.47. The summed E-state index contributed by atoms with van der Waals surface area (Å²) in [7, 11) is 3.88. The Morgan fingerprint density at radius 2 is 1.72 bits per heavy atom. The second-order valence-corrected chi connectivity index (χ2v) is 7.02. The summed E-state index contributed by atoms with van der Waals surface area (Å²) >= 11 is 0. The zero-order valence-corrected chi connectivity index (χ0v) is 17.4. The number of aryl methyl sites for hydroxylation is 1. The summed E-state index contributed by atoms with van der Waals surface area (Å²) in [5, 5.41) is 6.13. The highest BCUT2D eigenvalue weighted by molar-refractivity contribution is 5.75. The lowest BCUT2D eigenvalue weighted by molar-refractivity contribution is -0.139. The maximum Gasteiger partial charge on any atom is 0.314 e. The Bertz CT molecular complexity index is 928. The van der Waals surface area contributed by atoms with Crippen LogP contribution in [0.4, 0.5) is 11.4 Å². The summed E-state index contributed by atoms with van der Waals surface area (Å²) in [4.78, 5) is 12.1. The molecule has 0 aliphatic rings. The van der Waals surface area contributed by atoms with E-state index >= 15 is 0 Å². The highest BCUT2D eigenvalue weighted by Gasteiger charge is 2.16. The fourth-order valence-corrected chi connectivity index (χ4v) is 3.19. The molecule has 0 radical (unpaired) electrons. The topological polar surface area (TPSA) is 59.4 Å². The number of esters is 1. The molecule has 0 spiro atoms. The second kappa shape index (κ2) is 9.28. The molecule has 0 fully saturated rings. The lowest BCUT2D eigenvalue weighted by Gasteiger charge is -2.22. The van der Waals surface area contributed by atoms with Crippen LogP contribution in [0.25, 0.3) is 11.3 Å². The first kappa shape index (κ1) is 20.5. The summed E-state index contributed by atoms with van der Waals surface area (Å²) < 4.78 is 7.34. The summed E-state index contributed by atoms with van der Waals surface area (Å²) in [6, 6.07) is 17.7. The molecule has 1 aromatic heterocycles. The van der Waals surface area contributed by atoms with Gasteiger partial charge in [-0.1, -0.05) is 26.0 Å². The van der Waals surface area contributed by atoms with E-state index in [9.17, 15) is 4.79 Å². The van der Waals surface area contributed by atoms with Crippen molar-refractivity contribution in [3.8, 4) is 17.0 Å². The van der Waals surface area contributed by atoms with Crippen molar-refractivity contribution in [2.24, 2.45) is 13.0 Å². The number of hydrogen-bond acceptors (Lipinski definition) is 5. The van der Waals surface area contributed by atoms with Gasteiger partial charge in [0.25, 0.3) is 0 Å². The van der Waals surface area contributed by atoms with Crippen LogP contribution in [0.1, 0.15) is 26.7 Å². The molecule has 29 heavy (non-hydrogen) atoms. The fourth-order valence-electron chi connectivity index (χ4n) is 3.19. The van der Waals surface area contributed by atoms with Crippen LogP contribution in [0.5, 0.6) is 5.75 Å². The van der Waals surface area contributed by atoms with E-state index in [1.807, 2.05) is 80.1 Å². The first-order valence-electron chi connectivity index (χ1n) is 9.92. The molecule has 1 heterocycles. The van der Waals surface area contributed by atoms with Crippen molar-refractivity contribution in [3.63, 3.8) is 0 Å². The number of carbonyl (C=O) groups excluding carboxylic acids is 1. The van der Waals surface area contributed by atoms with Crippen LogP contribution >= 0.6 is 0 Å². The highest BCUT2D eigenvalue weighted by Crippen LogP contribution is 2.23. The molecule has 0 amide bonds. The molecule has 0 saturated heterocycles. The van der Waals surface area contributed by atoms with Crippen molar-refractivity contribution in [1.29, 1.82) is 0 Å². The van der Waals surface area contributed by atoms with E-state index in [0.717, 1.165) is 35.5 Å². The SMILES string of the molecule is CCC(CC)C(=O)Oc1ccc(N(C)Nc2ccc(-c3ccnn3C)cc2)cc1. The molecule has 6 heteroatoms. The van der Waals surface area contributed by atoms with Gasteiger partial charge >= 0.3 is 5.97 Å². The van der Waals surface area contributed by atoms with Gasteiger partial charge in [-0.15, -0.1) is 0 Å². The zero-order chi connectivity index (χ0) is 20.8. The van der Waals surface area contributed by atoms with Gasteiger partial charge in [-0.25, -0.2) is 0 Å². The van der Waals surface area contributed by atoms with Crippen LogP contribution in [-0.2, 0) is 11.8 Å². The molecule has 0 aliphatic carbocycles. The maximum atomic E-state index is 12.1. The number of rotatable bonds is 8. The highest BCUT2D eigenvalue weighted by atomic mass is 16.5. The van der Waals surface area contributed by atoms with Gasteiger partial charge in [-0.2, -0.15) is 5.10 Å². The summed E-state index contributed by atoms with van der Waals surface area (Å²) in [6.45, 7) is 4.00. The zero-order valence-electron chi connectivity index (χ0n) is 17.4. The largest absolute Gasteiger partial charge is 0.426 e. The van der Waals surface area contributed by atoms with E-state index < -0.39 is 0 Å². The average molecular weight is 393 g/mol. The predicted octanol–water partition coefficient (Wildman–Crippen LogP) is 4.89. The fraction of sp³-hybridized carbons (Fsp3) is 0.304. The minimum Gasteiger partial charge on any atom is -0.426 e. The Morgan fingerprint density at radius 1 is 1.07 bits per heavy atom. The van der Waals surface area contributed by atoms with Gasteiger partial charge < -0.3 is 4.74 Å². The number of anilines is 2. The van der Waals surface area contributed by atoms with E-state index in [1.165, 1.54) is 0 Å². The van der Waals surface area contributed by atoms with E-state index in [2.05, 4.69) is 22.7 Å². The molecule has 0 aliphatic heterocycles. The van der Waals surface area contributed by atoms with E-state index in [-0.39, 0.29) is 11.9 Å². The molecule has 0 bridgehead atoms. The average Bonchev–Trinajstić information content (AvgIpc) is 3.16. The van der Waals surface area contributed by atoms with Crippen LogP contribution in [0, 0.1) is 5.92 Å². The van der Waals surface area contributed by atoms with Crippen LogP contribution in [0.2, 0.25) is 0 Å². The third-order valence-electron chi connectivity index (χ3n) is 5.06. The molecule has 0 saturated carbocycles. The van der Waals surface area contributed by atoms with Crippen molar-refractivity contribution >= 4 is 17.3 Å². The smallest absolute Gasteiger partial charge is 0.314 e. The van der Waals surface area contributed by atoms with Gasteiger partial charge in [0.2, 0.25) is 0 Å². The van der Waals surface area contributed by atoms with Crippen molar-refractivity contribution in [2.45, 2.75) is 26.7 Å². The normalized spacial score (nSPS) is 10.8. The third kappa shape index (κ3) is 4.96. The summed E-state index contributed by atoms with van der Waals surface area (Å²) in [6.07, 6.45) is 3.37. The number of nitrogens with zero attached hydrogens (tertiary/aromatic N) is 3. The first-order chi connectivity index (χ1) is 14.0. The van der Waals surface area contributed by atoms with Crippen molar-refractivity contribution in [3.05, 3.63) is 60.8 Å². The van der Waals surface area contributed by atoms with Gasteiger partial charge in [-0.05, 0) is 60.9 Å². The molecule has 6 nitrogen and oxygen atoms in total. The number of hydrazine groups is 1. The molecule has 2 aromatic carbocycles. The number of ether oxygens (including phenoxy) is 1. The van der Waals surface area contributed by atoms with E-state index in [4.69, 9.17) is 4.74 Å². The monoisotopic (exact) mass is 392 g/mol. The second-order valence-electron chi connectivity index (χ2n) is 7.02. The number of hydrogen-bond donors (Lipinski definition) is 1. The molecular weight excluding hydrogens is 364 g/mol. The van der Waals surface area contributed by atoms with Crippen molar-refractivity contribution < 1.29 is 9.53 Å². The van der Waals surface area contributed by atoms with Crippen LogP contribution in [-0.4, -0.2) is 22.8 Å². The lowest BCUT2D eigenvalue weighted by Crippen LogP contribution is -2.24. The Balaban J connectivity index is 1.61. The Labute approximate surface area is 172 Å². The lowest BCUT2D eigenvalue weighted by atomic mass is 10.0. The third-order valence-corrected chi connectivity index (χ3v) is 5.06. The number of benzene rings is 2. The molecule has 3 rings (SSSR count). The molecule has 152 valence electrons. The molecule has 0 atom stereocenters. The van der Waals surface area contributed by atoms with Crippen molar-refractivity contribution in [1.82, 2.24) is 9.78 Å². The molecule has 0 unspecified atom stereocenters. The summed E-state index contributed by atoms with van der Waals surface area (Å²) in [5.74, 6) is 0.357. The number of carbonyl (C=O) groups is 1. The van der Waals surface area contributed by atoms with Gasteiger partial charge in [0.1, 0.15) is 5.75 Å². The molecule has 1 N–H and O–H groups in total. The number of aromatic nitrogens is 2.